The molecule has 18 heavy (non-hydrogen) atoms. The maximum Gasteiger partial charge on any atom is 0.0623 e. The molecule has 0 aromatic heterocycles. The molecule has 2 rings (SSSR count). The van der Waals surface area contributed by atoms with Crippen LogP contribution in [0.25, 0.3) is 0 Å². The summed E-state index contributed by atoms with van der Waals surface area (Å²) in [6.07, 6.45) is 4.05. The second-order valence-corrected chi connectivity index (χ2v) is 6.15. The van der Waals surface area contributed by atoms with E-state index in [2.05, 4.69) is 31.0 Å². The van der Waals surface area contributed by atoms with Gasteiger partial charge >= 0.3 is 0 Å². The molecule has 2 aliphatic rings. The number of hydrogen-bond donors (Lipinski definition) is 1. The number of rotatable bonds is 6. The molecule has 3 nitrogen and oxygen atoms in total. The van der Waals surface area contributed by atoms with Crippen molar-refractivity contribution in [2.45, 2.75) is 46.1 Å². The summed E-state index contributed by atoms with van der Waals surface area (Å²) in [4.78, 5) is 2.68. The van der Waals surface area contributed by atoms with E-state index in [0.717, 1.165) is 19.8 Å². The molecule has 0 aromatic carbocycles. The normalized spacial score (nSPS) is 32.2. The molecule has 0 saturated carbocycles. The molecule has 2 saturated heterocycles. The van der Waals surface area contributed by atoms with Crippen LogP contribution in [0.15, 0.2) is 0 Å². The highest BCUT2D eigenvalue weighted by Crippen LogP contribution is 2.37. The van der Waals surface area contributed by atoms with Crippen LogP contribution in [0.4, 0.5) is 0 Å². The molecule has 2 aliphatic heterocycles. The van der Waals surface area contributed by atoms with Gasteiger partial charge in [-0.25, -0.2) is 0 Å². The Morgan fingerprint density at radius 2 is 2.00 bits per heavy atom. The van der Waals surface area contributed by atoms with E-state index in [-0.39, 0.29) is 0 Å². The molecule has 0 bridgehead atoms. The molecular formula is C15H30N2O. The molecule has 106 valence electrons. The van der Waals surface area contributed by atoms with E-state index < -0.39 is 0 Å². The second-order valence-electron chi connectivity index (χ2n) is 6.15. The SMILES string of the molecule is CCNC1COCC1CN1CCC(CC)(CC)C1. The van der Waals surface area contributed by atoms with E-state index in [0.29, 0.717) is 17.4 Å². The van der Waals surface area contributed by atoms with Crippen molar-refractivity contribution in [3.63, 3.8) is 0 Å². The first-order chi connectivity index (χ1) is 8.73. The van der Waals surface area contributed by atoms with Crippen molar-refractivity contribution < 1.29 is 4.74 Å². The summed E-state index contributed by atoms with van der Waals surface area (Å²) >= 11 is 0. The second kappa shape index (κ2) is 6.36. The van der Waals surface area contributed by atoms with Gasteiger partial charge in [-0.2, -0.15) is 0 Å². The fourth-order valence-electron chi connectivity index (χ4n) is 3.61. The number of nitrogens with one attached hydrogen (secondary N) is 1. The highest BCUT2D eigenvalue weighted by molar-refractivity contribution is 4.91. The van der Waals surface area contributed by atoms with E-state index >= 15 is 0 Å². The molecule has 2 heterocycles. The van der Waals surface area contributed by atoms with Crippen LogP contribution in [0.2, 0.25) is 0 Å². The van der Waals surface area contributed by atoms with Gasteiger partial charge in [0.2, 0.25) is 0 Å². The molecule has 0 radical (unpaired) electrons. The van der Waals surface area contributed by atoms with Crippen molar-refractivity contribution in [3.8, 4) is 0 Å². The van der Waals surface area contributed by atoms with Crippen LogP contribution in [-0.2, 0) is 4.74 Å². The van der Waals surface area contributed by atoms with Gasteiger partial charge < -0.3 is 15.0 Å². The number of likely N-dealkylation sites (tertiary alicyclic amines) is 1. The maximum absolute atomic E-state index is 5.65. The Morgan fingerprint density at radius 1 is 1.22 bits per heavy atom. The Labute approximate surface area is 112 Å². The molecule has 3 heteroatoms. The van der Waals surface area contributed by atoms with Gasteiger partial charge in [-0.15, -0.1) is 0 Å². The first-order valence-electron chi connectivity index (χ1n) is 7.76. The van der Waals surface area contributed by atoms with Gasteiger partial charge in [-0.3, -0.25) is 0 Å². The van der Waals surface area contributed by atoms with Crippen LogP contribution in [0.1, 0.15) is 40.0 Å². The lowest BCUT2D eigenvalue weighted by Gasteiger charge is -2.28. The predicted octanol–water partition coefficient (Wildman–Crippen LogP) is 2.12. The van der Waals surface area contributed by atoms with Crippen LogP contribution in [0, 0.1) is 11.3 Å². The smallest absolute Gasteiger partial charge is 0.0623 e. The number of nitrogens with zero attached hydrogens (tertiary/aromatic N) is 1. The third-order valence-electron chi connectivity index (χ3n) is 5.17. The van der Waals surface area contributed by atoms with E-state index in [4.69, 9.17) is 4.74 Å². The van der Waals surface area contributed by atoms with Crippen molar-refractivity contribution in [3.05, 3.63) is 0 Å². The van der Waals surface area contributed by atoms with Gasteiger partial charge in [0.25, 0.3) is 0 Å². The highest BCUT2D eigenvalue weighted by Gasteiger charge is 2.37. The van der Waals surface area contributed by atoms with E-state index in [1.54, 1.807) is 0 Å². The first-order valence-corrected chi connectivity index (χ1v) is 7.76. The van der Waals surface area contributed by atoms with E-state index in [1.165, 1.54) is 38.9 Å². The Morgan fingerprint density at radius 3 is 2.61 bits per heavy atom. The quantitative estimate of drug-likeness (QED) is 0.786. The van der Waals surface area contributed by atoms with Crippen molar-refractivity contribution in [1.29, 1.82) is 0 Å². The van der Waals surface area contributed by atoms with Crippen molar-refractivity contribution in [2.75, 3.05) is 39.4 Å². The van der Waals surface area contributed by atoms with Crippen LogP contribution >= 0.6 is 0 Å². The Bertz CT molecular complexity index is 253. The first kappa shape index (κ1) is 14.3. The molecule has 2 fully saturated rings. The molecule has 0 aromatic rings. The van der Waals surface area contributed by atoms with Gasteiger partial charge in [0, 0.05) is 25.0 Å². The molecule has 2 unspecified atom stereocenters. The summed E-state index contributed by atoms with van der Waals surface area (Å²) in [6, 6.07) is 0.577. The number of likely N-dealkylation sites (N-methyl/N-ethyl adjacent to an activating group) is 1. The highest BCUT2D eigenvalue weighted by atomic mass is 16.5. The molecule has 1 N–H and O–H groups in total. The summed E-state index contributed by atoms with van der Waals surface area (Å²) in [6.45, 7) is 13.6. The Balaban J connectivity index is 1.83. The topological polar surface area (TPSA) is 24.5 Å². The zero-order valence-electron chi connectivity index (χ0n) is 12.4. The summed E-state index contributed by atoms with van der Waals surface area (Å²) in [5, 5.41) is 3.57. The van der Waals surface area contributed by atoms with Gasteiger partial charge in [-0.1, -0.05) is 20.8 Å². The van der Waals surface area contributed by atoms with Crippen LogP contribution in [-0.4, -0.2) is 50.3 Å². The lowest BCUT2D eigenvalue weighted by Crippen LogP contribution is -2.41. The van der Waals surface area contributed by atoms with Gasteiger partial charge in [0.15, 0.2) is 0 Å². The standard InChI is InChI=1S/C15H30N2O/c1-4-15(5-2)7-8-17(12-15)9-13-10-18-11-14(13)16-6-3/h13-14,16H,4-12H2,1-3H3. The van der Waals surface area contributed by atoms with Crippen molar-refractivity contribution in [2.24, 2.45) is 11.3 Å². The summed E-state index contributed by atoms with van der Waals surface area (Å²) in [5.74, 6) is 0.689. The largest absolute Gasteiger partial charge is 0.379 e. The average Bonchev–Trinajstić information content (AvgIpc) is 2.99. The fourth-order valence-corrected chi connectivity index (χ4v) is 3.61. The third-order valence-corrected chi connectivity index (χ3v) is 5.17. The third kappa shape index (κ3) is 3.06. The van der Waals surface area contributed by atoms with Gasteiger partial charge in [0.1, 0.15) is 0 Å². The number of ether oxygens (including phenoxy) is 1. The van der Waals surface area contributed by atoms with Crippen LogP contribution < -0.4 is 5.32 Å². The lowest BCUT2D eigenvalue weighted by molar-refractivity contribution is 0.167. The zero-order valence-corrected chi connectivity index (χ0v) is 12.4. The van der Waals surface area contributed by atoms with Crippen molar-refractivity contribution in [1.82, 2.24) is 10.2 Å². The molecule has 0 spiro atoms. The predicted molar refractivity (Wildman–Crippen MR) is 75.8 cm³/mol. The molecule has 2 atom stereocenters. The maximum atomic E-state index is 5.65. The monoisotopic (exact) mass is 254 g/mol. The minimum Gasteiger partial charge on any atom is -0.379 e. The van der Waals surface area contributed by atoms with Gasteiger partial charge in [-0.05, 0) is 37.8 Å². The average molecular weight is 254 g/mol. The minimum absolute atomic E-state index is 0.577. The zero-order chi connectivity index (χ0) is 13.0. The molecule has 0 amide bonds. The molecule has 0 aliphatic carbocycles. The Kier molecular flexibility index (Phi) is 5.05. The summed E-state index contributed by atoms with van der Waals surface area (Å²) < 4.78 is 5.65. The molecular weight excluding hydrogens is 224 g/mol. The van der Waals surface area contributed by atoms with E-state index in [1.807, 2.05) is 0 Å². The van der Waals surface area contributed by atoms with Gasteiger partial charge in [0.05, 0.1) is 13.2 Å². The lowest BCUT2D eigenvalue weighted by atomic mass is 9.82. The van der Waals surface area contributed by atoms with Crippen molar-refractivity contribution >= 4 is 0 Å². The van der Waals surface area contributed by atoms with Crippen LogP contribution in [0.3, 0.4) is 0 Å². The van der Waals surface area contributed by atoms with E-state index in [9.17, 15) is 0 Å². The van der Waals surface area contributed by atoms with Crippen LogP contribution in [0.5, 0.6) is 0 Å². The summed E-state index contributed by atoms with van der Waals surface area (Å²) in [5.41, 5.74) is 0.604. The minimum atomic E-state index is 0.577. The fraction of sp³-hybridized carbons (Fsp3) is 1.00. The summed E-state index contributed by atoms with van der Waals surface area (Å²) in [7, 11) is 0. The Hall–Kier alpha value is -0.120. The number of hydrogen-bond acceptors (Lipinski definition) is 3.